The van der Waals surface area contributed by atoms with Gasteiger partial charge in [-0.1, -0.05) is 6.92 Å². The molecule has 0 spiro atoms. The first kappa shape index (κ1) is 19.3. The summed E-state index contributed by atoms with van der Waals surface area (Å²) in [5.74, 6) is 0.0853. The summed E-state index contributed by atoms with van der Waals surface area (Å²) >= 11 is 0. The molecule has 1 aliphatic rings. The molecule has 0 heterocycles. The van der Waals surface area contributed by atoms with Gasteiger partial charge in [0.25, 0.3) is 0 Å². The van der Waals surface area contributed by atoms with Gasteiger partial charge >= 0.3 is 5.97 Å². The quantitative estimate of drug-likeness (QED) is 0.526. The second-order valence-electron chi connectivity index (χ2n) is 6.73. The van der Waals surface area contributed by atoms with Crippen LogP contribution in [0.25, 0.3) is 0 Å². The highest BCUT2D eigenvalue weighted by Gasteiger charge is 2.27. The molecule has 128 valence electrons. The summed E-state index contributed by atoms with van der Waals surface area (Å²) in [5.41, 5.74) is 2.32. The predicted molar refractivity (Wildman–Crippen MR) is 89.9 cm³/mol. The third-order valence-corrected chi connectivity index (χ3v) is 4.41. The van der Waals surface area contributed by atoms with Crippen LogP contribution in [-0.2, 0) is 19.1 Å². The minimum absolute atomic E-state index is 0.00832. The summed E-state index contributed by atoms with van der Waals surface area (Å²) in [6.45, 7) is 10.9. The molecule has 0 N–H and O–H groups in total. The van der Waals surface area contributed by atoms with E-state index in [4.69, 9.17) is 4.74 Å². The minimum atomic E-state index is -0.180. The molecular weight excluding hydrogens is 292 g/mol. The number of ether oxygens (including phenoxy) is 1. The lowest BCUT2D eigenvalue weighted by molar-refractivity contribution is -0.147. The number of carbonyl (C=O) groups is 3. The predicted octanol–water partition coefficient (Wildman–Crippen LogP) is 3.94. The molecule has 0 saturated carbocycles. The van der Waals surface area contributed by atoms with Gasteiger partial charge in [-0.05, 0) is 59.8 Å². The lowest BCUT2D eigenvalue weighted by atomic mass is 9.83. The molecule has 0 fully saturated rings. The van der Waals surface area contributed by atoms with Gasteiger partial charge in [0.1, 0.15) is 0 Å². The minimum Gasteiger partial charge on any atom is -0.463 e. The molecule has 0 bridgehead atoms. The van der Waals surface area contributed by atoms with E-state index in [-0.39, 0.29) is 23.6 Å². The standard InChI is InChI=1S/C19H28O4/c1-11(2)23-17(20)10-8-12(3)7-9-16-15(6)18(21)13(4)14(5)19(16)22/h11-12H,7-10H2,1-6H3. The zero-order chi connectivity index (χ0) is 17.7. The normalized spacial score (nSPS) is 17.2. The average molecular weight is 320 g/mol. The van der Waals surface area contributed by atoms with Gasteiger partial charge in [0, 0.05) is 28.7 Å². The van der Waals surface area contributed by atoms with E-state index in [2.05, 4.69) is 6.92 Å². The van der Waals surface area contributed by atoms with Crippen molar-refractivity contribution in [2.75, 3.05) is 0 Å². The molecule has 0 saturated heterocycles. The number of hydrogen-bond acceptors (Lipinski definition) is 4. The zero-order valence-corrected chi connectivity index (χ0v) is 15.1. The molecule has 1 rings (SSSR count). The fraction of sp³-hybridized carbons (Fsp3) is 0.632. The van der Waals surface area contributed by atoms with Gasteiger partial charge in [0.05, 0.1) is 6.10 Å². The second kappa shape index (κ2) is 8.23. The third kappa shape index (κ3) is 5.15. The van der Waals surface area contributed by atoms with E-state index in [9.17, 15) is 14.4 Å². The first-order valence-electron chi connectivity index (χ1n) is 8.31. The van der Waals surface area contributed by atoms with Crippen molar-refractivity contribution in [1.29, 1.82) is 0 Å². The molecule has 0 aromatic rings. The van der Waals surface area contributed by atoms with Crippen LogP contribution in [-0.4, -0.2) is 23.6 Å². The smallest absolute Gasteiger partial charge is 0.306 e. The van der Waals surface area contributed by atoms with Crippen molar-refractivity contribution in [3.05, 3.63) is 22.3 Å². The average Bonchev–Trinajstić information content (AvgIpc) is 2.48. The van der Waals surface area contributed by atoms with Crippen LogP contribution >= 0.6 is 0 Å². The molecule has 1 atom stereocenters. The number of ketones is 2. The van der Waals surface area contributed by atoms with E-state index < -0.39 is 0 Å². The number of rotatable bonds is 7. The molecule has 0 aromatic heterocycles. The van der Waals surface area contributed by atoms with E-state index >= 15 is 0 Å². The summed E-state index contributed by atoms with van der Waals surface area (Å²) in [5, 5.41) is 0. The summed E-state index contributed by atoms with van der Waals surface area (Å²) in [7, 11) is 0. The van der Waals surface area contributed by atoms with Crippen LogP contribution in [0.5, 0.6) is 0 Å². The molecule has 4 nitrogen and oxygen atoms in total. The van der Waals surface area contributed by atoms with Crippen LogP contribution in [0.15, 0.2) is 22.3 Å². The van der Waals surface area contributed by atoms with Crippen molar-refractivity contribution in [2.45, 2.75) is 73.3 Å². The Morgan fingerprint density at radius 3 is 2.04 bits per heavy atom. The number of allylic oxidation sites excluding steroid dienone is 4. The van der Waals surface area contributed by atoms with E-state index in [1.807, 2.05) is 13.8 Å². The van der Waals surface area contributed by atoms with Crippen molar-refractivity contribution in [3.63, 3.8) is 0 Å². The fourth-order valence-electron chi connectivity index (χ4n) is 2.68. The molecule has 0 aliphatic heterocycles. The van der Waals surface area contributed by atoms with Gasteiger partial charge in [0.2, 0.25) is 0 Å². The van der Waals surface area contributed by atoms with Crippen LogP contribution in [0.4, 0.5) is 0 Å². The fourth-order valence-corrected chi connectivity index (χ4v) is 2.68. The molecule has 1 aliphatic carbocycles. The lowest BCUT2D eigenvalue weighted by Crippen LogP contribution is -2.21. The first-order chi connectivity index (χ1) is 10.6. The van der Waals surface area contributed by atoms with Crippen molar-refractivity contribution in [1.82, 2.24) is 0 Å². The molecule has 0 radical (unpaired) electrons. The largest absolute Gasteiger partial charge is 0.463 e. The van der Waals surface area contributed by atoms with Crippen molar-refractivity contribution < 1.29 is 19.1 Å². The Balaban J connectivity index is 2.56. The number of hydrogen-bond donors (Lipinski definition) is 0. The van der Waals surface area contributed by atoms with Crippen LogP contribution in [0.1, 0.15) is 67.2 Å². The van der Waals surface area contributed by atoms with Gasteiger partial charge in [-0.15, -0.1) is 0 Å². The van der Waals surface area contributed by atoms with Gasteiger partial charge in [-0.2, -0.15) is 0 Å². The maximum atomic E-state index is 12.3. The van der Waals surface area contributed by atoms with E-state index in [0.29, 0.717) is 41.1 Å². The molecule has 23 heavy (non-hydrogen) atoms. The van der Waals surface area contributed by atoms with Gasteiger partial charge in [-0.25, -0.2) is 0 Å². The van der Waals surface area contributed by atoms with Crippen molar-refractivity contribution in [2.24, 2.45) is 5.92 Å². The first-order valence-corrected chi connectivity index (χ1v) is 8.31. The van der Waals surface area contributed by atoms with E-state index in [1.165, 1.54) is 0 Å². The highest BCUT2D eigenvalue weighted by atomic mass is 16.5. The number of carbonyl (C=O) groups excluding carboxylic acids is 3. The van der Waals surface area contributed by atoms with Crippen LogP contribution < -0.4 is 0 Å². The van der Waals surface area contributed by atoms with E-state index in [1.54, 1.807) is 20.8 Å². The van der Waals surface area contributed by atoms with E-state index in [0.717, 1.165) is 12.8 Å². The van der Waals surface area contributed by atoms with Crippen LogP contribution in [0.2, 0.25) is 0 Å². The Hall–Kier alpha value is -1.71. The topological polar surface area (TPSA) is 60.4 Å². The monoisotopic (exact) mass is 320 g/mol. The Morgan fingerprint density at radius 2 is 1.48 bits per heavy atom. The van der Waals surface area contributed by atoms with Gasteiger partial charge < -0.3 is 4.74 Å². The van der Waals surface area contributed by atoms with Gasteiger partial charge in [0.15, 0.2) is 11.6 Å². The molecular formula is C19H28O4. The highest BCUT2D eigenvalue weighted by Crippen LogP contribution is 2.28. The molecule has 4 heteroatoms. The van der Waals surface area contributed by atoms with Crippen molar-refractivity contribution in [3.8, 4) is 0 Å². The number of Topliss-reactive ketones (excluding diaryl/α,β-unsaturated/α-hetero) is 2. The summed E-state index contributed by atoms with van der Waals surface area (Å²) < 4.78 is 5.12. The Bertz CT molecular complexity index is 564. The van der Waals surface area contributed by atoms with Gasteiger partial charge in [-0.3, -0.25) is 14.4 Å². The second-order valence-corrected chi connectivity index (χ2v) is 6.73. The highest BCUT2D eigenvalue weighted by molar-refractivity contribution is 6.24. The molecule has 0 amide bonds. The van der Waals surface area contributed by atoms with Crippen molar-refractivity contribution >= 4 is 17.5 Å². The molecule has 1 unspecified atom stereocenters. The maximum Gasteiger partial charge on any atom is 0.306 e. The Labute approximate surface area is 139 Å². The number of esters is 1. The summed E-state index contributed by atoms with van der Waals surface area (Å²) in [4.78, 5) is 36.0. The summed E-state index contributed by atoms with van der Waals surface area (Å²) in [6.07, 6.45) is 2.40. The SMILES string of the molecule is CC1=C(C)C(=O)C(CCC(C)CCC(=O)OC(C)C)=C(C)C1=O. The Kier molecular flexibility index (Phi) is 6.92. The van der Waals surface area contributed by atoms with Crippen LogP contribution in [0.3, 0.4) is 0 Å². The zero-order valence-electron chi connectivity index (χ0n) is 15.1. The molecule has 0 aromatic carbocycles. The Morgan fingerprint density at radius 1 is 0.913 bits per heavy atom. The maximum absolute atomic E-state index is 12.3. The lowest BCUT2D eigenvalue weighted by Gasteiger charge is -2.20. The summed E-state index contributed by atoms with van der Waals surface area (Å²) in [6, 6.07) is 0. The van der Waals surface area contributed by atoms with Crippen LogP contribution in [0, 0.1) is 5.92 Å². The third-order valence-electron chi connectivity index (χ3n) is 4.41.